The van der Waals surface area contributed by atoms with Gasteiger partial charge in [-0.05, 0) is 41.3 Å². The summed E-state index contributed by atoms with van der Waals surface area (Å²) in [7, 11) is 0. The Morgan fingerprint density at radius 1 is 1.40 bits per heavy atom. The Hall–Kier alpha value is -1.42. The molecule has 0 spiro atoms. The van der Waals surface area contributed by atoms with Gasteiger partial charge < -0.3 is 5.73 Å². The highest BCUT2D eigenvalue weighted by atomic mass is 35.5. The highest BCUT2D eigenvalue weighted by Gasteiger charge is 2.30. The average Bonchev–Trinajstić information content (AvgIpc) is 2.82. The number of halogens is 1. The molecule has 0 aliphatic carbocycles. The van der Waals surface area contributed by atoms with Gasteiger partial charge in [-0.25, -0.2) is 0 Å². The first-order valence-electron chi connectivity index (χ1n) is 6.81. The lowest BCUT2D eigenvalue weighted by Gasteiger charge is -2.23. The van der Waals surface area contributed by atoms with Crippen LogP contribution in [0.4, 0.5) is 0 Å². The molecule has 1 unspecified atom stereocenters. The molecule has 1 aromatic heterocycles. The number of hydrogen-bond acceptors (Lipinski definition) is 3. The minimum absolute atomic E-state index is 0.265. The molecule has 1 aromatic carbocycles. The van der Waals surface area contributed by atoms with E-state index in [9.17, 15) is 0 Å². The molecule has 104 valence electrons. The van der Waals surface area contributed by atoms with Gasteiger partial charge in [-0.1, -0.05) is 23.7 Å². The highest BCUT2D eigenvalue weighted by Crippen LogP contribution is 2.38. The molecular formula is C16H18ClN3. The second kappa shape index (κ2) is 5.52. The quantitative estimate of drug-likeness (QED) is 0.943. The van der Waals surface area contributed by atoms with Crippen molar-refractivity contribution >= 4 is 11.6 Å². The van der Waals surface area contributed by atoms with E-state index in [2.05, 4.69) is 28.9 Å². The molecule has 0 radical (unpaired) electrons. The number of benzene rings is 1. The van der Waals surface area contributed by atoms with Crippen molar-refractivity contribution in [2.75, 3.05) is 6.54 Å². The number of rotatable bonds is 3. The number of hydrogen-bond donors (Lipinski definition) is 1. The third kappa shape index (κ3) is 2.33. The first kappa shape index (κ1) is 13.6. The number of nitrogens with two attached hydrogens (primary N) is 1. The van der Waals surface area contributed by atoms with Crippen molar-refractivity contribution in [3.8, 4) is 0 Å². The highest BCUT2D eigenvalue weighted by molar-refractivity contribution is 6.31. The second-order valence-corrected chi connectivity index (χ2v) is 5.67. The molecule has 2 heterocycles. The SMILES string of the molecule is Cc1c(Cl)ccc2c1CN(Cc1cccnc1)C2CN. The molecule has 0 fully saturated rings. The zero-order chi connectivity index (χ0) is 14.1. The minimum Gasteiger partial charge on any atom is -0.329 e. The van der Waals surface area contributed by atoms with Gasteiger partial charge in [-0.15, -0.1) is 0 Å². The van der Waals surface area contributed by atoms with Crippen molar-refractivity contribution in [3.05, 3.63) is 63.9 Å². The summed E-state index contributed by atoms with van der Waals surface area (Å²) in [5.41, 5.74) is 11.0. The van der Waals surface area contributed by atoms with Crippen molar-refractivity contribution < 1.29 is 0 Å². The Kier molecular flexibility index (Phi) is 3.74. The maximum Gasteiger partial charge on any atom is 0.0480 e. The molecule has 3 rings (SSSR count). The molecule has 1 atom stereocenters. The summed E-state index contributed by atoms with van der Waals surface area (Å²) in [5.74, 6) is 0. The van der Waals surface area contributed by atoms with E-state index in [1.807, 2.05) is 18.3 Å². The molecule has 0 amide bonds. The average molecular weight is 288 g/mol. The van der Waals surface area contributed by atoms with Gasteiger partial charge in [-0.2, -0.15) is 0 Å². The van der Waals surface area contributed by atoms with Crippen molar-refractivity contribution in [3.63, 3.8) is 0 Å². The van der Waals surface area contributed by atoms with Crippen molar-refractivity contribution in [1.29, 1.82) is 0 Å². The summed E-state index contributed by atoms with van der Waals surface area (Å²) < 4.78 is 0. The van der Waals surface area contributed by atoms with Gasteiger partial charge in [-0.3, -0.25) is 9.88 Å². The summed E-state index contributed by atoms with van der Waals surface area (Å²) in [4.78, 5) is 6.57. The van der Waals surface area contributed by atoms with Crippen LogP contribution in [0.3, 0.4) is 0 Å². The topological polar surface area (TPSA) is 42.2 Å². The molecule has 3 nitrogen and oxygen atoms in total. The van der Waals surface area contributed by atoms with Crippen molar-refractivity contribution in [1.82, 2.24) is 9.88 Å². The van der Waals surface area contributed by atoms with E-state index >= 15 is 0 Å². The van der Waals surface area contributed by atoms with Gasteiger partial charge in [0.25, 0.3) is 0 Å². The fourth-order valence-corrected chi connectivity index (χ4v) is 3.13. The summed E-state index contributed by atoms with van der Waals surface area (Å²) >= 11 is 6.23. The van der Waals surface area contributed by atoms with E-state index in [0.29, 0.717) is 6.54 Å². The van der Waals surface area contributed by atoms with Gasteiger partial charge in [0.15, 0.2) is 0 Å². The Morgan fingerprint density at radius 2 is 2.25 bits per heavy atom. The second-order valence-electron chi connectivity index (χ2n) is 5.26. The number of pyridine rings is 1. The van der Waals surface area contributed by atoms with E-state index in [-0.39, 0.29) is 6.04 Å². The van der Waals surface area contributed by atoms with Crippen LogP contribution in [0.15, 0.2) is 36.7 Å². The largest absolute Gasteiger partial charge is 0.329 e. The number of nitrogens with zero attached hydrogens (tertiary/aromatic N) is 2. The number of aromatic nitrogens is 1. The lowest BCUT2D eigenvalue weighted by atomic mass is 10.0. The summed E-state index contributed by atoms with van der Waals surface area (Å²) in [6, 6.07) is 8.43. The Labute approximate surface area is 124 Å². The molecule has 2 N–H and O–H groups in total. The minimum atomic E-state index is 0.265. The van der Waals surface area contributed by atoms with Crippen molar-refractivity contribution in [2.24, 2.45) is 5.73 Å². The predicted octanol–water partition coefficient (Wildman–Crippen LogP) is 3.06. The summed E-state index contributed by atoms with van der Waals surface area (Å²) in [6.45, 7) is 4.47. The maximum absolute atomic E-state index is 6.23. The fraction of sp³-hybridized carbons (Fsp3) is 0.312. The van der Waals surface area contributed by atoms with Crippen LogP contribution in [-0.4, -0.2) is 16.4 Å². The first-order chi connectivity index (χ1) is 9.70. The molecule has 1 aliphatic heterocycles. The Balaban J connectivity index is 1.90. The zero-order valence-electron chi connectivity index (χ0n) is 11.5. The van der Waals surface area contributed by atoms with Crippen LogP contribution >= 0.6 is 11.6 Å². The van der Waals surface area contributed by atoms with E-state index in [4.69, 9.17) is 17.3 Å². The standard InChI is InChI=1S/C16H18ClN3/c1-11-14-10-20(9-12-3-2-6-19-8-12)16(7-18)13(14)4-5-15(11)17/h2-6,8,16H,7,9-10,18H2,1H3. The van der Waals surface area contributed by atoms with E-state index < -0.39 is 0 Å². The molecule has 20 heavy (non-hydrogen) atoms. The lowest BCUT2D eigenvalue weighted by Crippen LogP contribution is -2.27. The van der Waals surface area contributed by atoms with Crippen LogP contribution in [0.25, 0.3) is 0 Å². The normalized spacial score (nSPS) is 18.2. The number of fused-ring (bicyclic) bond motifs is 1. The van der Waals surface area contributed by atoms with Gasteiger partial charge in [0, 0.05) is 43.1 Å². The Morgan fingerprint density at radius 3 is 2.95 bits per heavy atom. The Bertz CT molecular complexity index is 613. The van der Waals surface area contributed by atoms with E-state index in [1.165, 1.54) is 22.3 Å². The molecule has 0 saturated carbocycles. The van der Waals surface area contributed by atoms with Crippen molar-refractivity contribution in [2.45, 2.75) is 26.1 Å². The van der Waals surface area contributed by atoms with Gasteiger partial charge in [0.2, 0.25) is 0 Å². The predicted molar refractivity (Wildman–Crippen MR) is 81.5 cm³/mol. The zero-order valence-corrected chi connectivity index (χ0v) is 12.3. The van der Waals surface area contributed by atoms with Crippen LogP contribution in [0.2, 0.25) is 5.02 Å². The molecule has 1 aliphatic rings. The molecule has 4 heteroatoms. The maximum atomic E-state index is 6.23. The molecule has 0 saturated heterocycles. The van der Waals surface area contributed by atoms with Crippen LogP contribution in [-0.2, 0) is 13.1 Å². The van der Waals surface area contributed by atoms with E-state index in [0.717, 1.165) is 18.1 Å². The van der Waals surface area contributed by atoms with Gasteiger partial charge in [0.1, 0.15) is 0 Å². The third-order valence-electron chi connectivity index (χ3n) is 4.06. The van der Waals surface area contributed by atoms with Gasteiger partial charge >= 0.3 is 0 Å². The summed E-state index contributed by atoms with van der Waals surface area (Å²) in [6.07, 6.45) is 3.71. The third-order valence-corrected chi connectivity index (χ3v) is 4.47. The van der Waals surface area contributed by atoms with Crippen LogP contribution in [0.1, 0.15) is 28.3 Å². The van der Waals surface area contributed by atoms with E-state index in [1.54, 1.807) is 6.20 Å². The van der Waals surface area contributed by atoms with Crippen LogP contribution in [0, 0.1) is 6.92 Å². The van der Waals surface area contributed by atoms with Crippen LogP contribution in [0.5, 0.6) is 0 Å². The molecule has 0 bridgehead atoms. The fourth-order valence-electron chi connectivity index (χ4n) is 2.95. The monoisotopic (exact) mass is 287 g/mol. The van der Waals surface area contributed by atoms with Crippen LogP contribution < -0.4 is 5.73 Å². The first-order valence-corrected chi connectivity index (χ1v) is 7.19. The lowest BCUT2D eigenvalue weighted by molar-refractivity contribution is 0.210. The summed E-state index contributed by atoms with van der Waals surface area (Å²) in [5, 5.41) is 0.836. The molecule has 2 aromatic rings. The van der Waals surface area contributed by atoms with Gasteiger partial charge in [0.05, 0.1) is 0 Å². The smallest absolute Gasteiger partial charge is 0.0480 e. The molecular weight excluding hydrogens is 270 g/mol.